The Morgan fingerprint density at radius 1 is 1.15 bits per heavy atom. The lowest BCUT2D eigenvalue weighted by Gasteiger charge is -2.22. The third-order valence-electron chi connectivity index (χ3n) is 3.17. The maximum absolute atomic E-state index is 9.58. The van der Waals surface area contributed by atoms with Gasteiger partial charge in [-0.25, -0.2) is 0 Å². The van der Waals surface area contributed by atoms with Crippen LogP contribution in [0.2, 0.25) is 0 Å². The fraction of sp³-hybridized carbons (Fsp3) is 1.00. The first-order valence-corrected chi connectivity index (χ1v) is 4.57. The molecule has 2 rings (SSSR count). The summed E-state index contributed by atoms with van der Waals surface area (Å²) in [5.74, 6) is 0. The molecule has 13 heavy (non-hydrogen) atoms. The van der Waals surface area contributed by atoms with Crippen LogP contribution in [0.5, 0.6) is 0 Å². The molecule has 4 N–H and O–H groups in total. The van der Waals surface area contributed by atoms with Gasteiger partial charge in [0.25, 0.3) is 0 Å². The van der Waals surface area contributed by atoms with E-state index < -0.39 is 30.4 Å². The van der Waals surface area contributed by atoms with E-state index in [-0.39, 0.29) is 6.61 Å². The van der Waals surface area contributed by atoms with Gasteiger partial charge in [-0.15, -0.1) is 0 Å². The number of hydrogen-bond acceptors (Lipinski definition) is 5. The lowest BCUT2D eigenvalue weighted by atomic mass is 10.0. The van der Waals surface area contributed by atoms with E-state index in [2.05, 4.69) is 0 Å². The predicted octanol–water partition coefficient (Wildman–Crippen LogP) is -2.48. The van der Waals surface area contributed by atoms with Gasteiger partial charge < -0.3 is 20.4 Å². The van der Waals surface area contributed by atoms with Crippen LogP contribution in [0.15, 0.2) is 0 Å². The molecule has 2 aliphatic rings. The lowest BCUT2D eigenvalue weighted by molar-refractivity contribution is -0.000895. The highest BCUT2D eigenvalue weighted by atomic mass is 16.3. The molecule has 0 bridgehead atoms. The van der Waals surface area contributed by atoms with Crippen LogP contribution in [0.25, 0.3) is 0 Å². The van der Waals surface area contributed by atoms with E-state index in [1.807, 2.05) is 0 Å². The molecule has 0 aliphatic carbocycles. The SMILES string of the molecule is OC[C@H]1[C@H](O)[C@H](O)[C@H]2[C@H](O)CCN21. The number of aliphatic hydroxyl groups is 4. The first kappa shape index (κ1) is 9.36. The fourth-order valence-electron chi connectivity index (χ4n) is 2.47. The van der Waals surface area contributed by atoms with Gasteiger partial charge in [-0.3, -0.25) is 4.90 Å². The van der Waals surface area contributed by atoms with E-state index in [1.54, 1.807) is 4.90 Å². The lowest BCUT2D eigenvalue weighted by Crippen LogP contribution is -2.39. The van der Waals surface area contributed by atoms with E-state index in [1.165, 1.54) is 0 Å². The number of nitrogens with zero attached hydrogens (tertiary/aromatic N) is 1. The van der Waals surface area contributed by atoms with Crippen molar-refractivity contribution in [1.82, 2.24) is 4.90 Å². The molecule has 0 spiro atoms. The summed E-state index contributed by atoms with van der Waals surface area (Å²) in [4.78, 5) is 1.79. The van der Waals surface area contributed by atoms with Crippen molar-refractivity contribution in [3.05, 3.63) is 0 Å². The molecule has 2 aliphatic heterocycles. The molecule has 2 heterocycles. The minimum atomic E-state index is -0.940. The van der Waals surface area contributed by atoms with Gasteiger partial charge >= 0.3 is 0 Å². The molecule has 76 valence electrons. The molecular weight excluding hydrogens is 174 g/mol. The Labute approximate surface area is 76.2 Å². The second-order valence-electron chi connectivity index (χ2n) is 3.82. The van der Waals surface area contributed by atoms with Crippen molar-refractivity contribution in [2.24, 2.45) is 0 Å². The Kier molecular flexibility index (Phi) is 2.29. The third-order valence-corrected chi connectivity index (χ3v) is 3.17. The second-order valence-corrected chi connectivity index (χ2v) is 3.82. The van der Waals surface area contributed by atoms with Crippen molar-refractivity contribution in [2.75, 3.05) is 13.2 Å². The van der Waals surface area contributed by atoms with E-state index in [0.29, 0.717) is 13.0 Å². The summed E-state index contributed by atoms with van der Waals surface area (Å²) in [6, 6.07) is -0.815. The van der Waals surface area contributed by atoms with Crippen LogP contribution in [0.3, 0.4) is 0 Å². The monoisotopic (exact) mass is 189 g/mol. The molecule has 0 amide bonds. The first-order chi connectivity index (χ1) is 6.16. The van der Waals surface area contributed by atoms with Crippen molar-refractivity contribution in [1.29, 1.82) is 0 Å². The van der Waals surface area contributed by atoms with Crippen LogP contribution in [-0.4, -0.2) is 68.9 Å². The van der Waals surface area contributed by atoms with Gasteiger partial charge in [0.05, 0.1) is 37.0 Å². The van der Waals surface area contributed by atoms with Gasteiger partial charge in [-0.05, 0) is 6.42 Å². The molecule has 5 nitrogen and oxygen atoms in total. The number of aliphatic hydroxyl groups excluding tert-OH is 4. The molecule has 0 radical (unpaired) electrons. The minimum absolute atomic E-state index is 0.179. The average molecular weight is 189 g/mol. The Bertz CT molecular complexity index is 201. The highest BCUT2D eigenvalue weighted by Gasteiger charge is 2.52. The fourth-order valence-corrected chi connectivity index (χ4v) is 2.47. The number of rotatable bonds is 1. The molecule has 5 atom stereocenters. The Morgan fingerprint density at radius 2 is 1.85 bits per heavy atom. The van der Waals surface area contributed by atoms with Gasteiger partial charge in [0, 0.05) is 6.54 Å². The van der Waals surface area contributed by atoms with Crippen LogP contribution < -0.4 is 0 Å². The zero-order valence-corrected chi connectivity index (χ0v) is 7.24. The molecule has 0 unspecified atom stereocenters. The number of hydrogen-bond donors (Lipinski definition) is 4. The van der Waals surface area contributed by atoms with Gasteiger partial charge in [-0.1, -0.05) is 0 Å². The topological polar surface area (TPSA) is 84.2 Å². The molecule has 0 aromatic rings. The number of fused-ring (bicyclic) bond motifs is 1. The van der Waals surface area contributed by atoms with Gasteiger partial charge in [0.1, 0.15) is 0 Å². The summed E-state index contributed by atoms with van der Waals surface area (Å²) in [7, 11) is 0. The van der Waals surface area contributed by atoms with E-state index in [9.17, 15) is 15.3 Å². The van der Waals surface area contributed by atoms with Gasteiger partial charge in [0.2, 0.25) is 0 Å². The van der Waals surface area contributed by atoms with Crippen molar-refractivity contribution < 1.29 is 20.4 Å². The second kappa shape index (κ2) is 3.18. The van der Waals surface area contributed by atoms with Crippen LogP contribution in [0.4, 0.5) is 0 Å². The Hall–Kier alpha value is -0.200. The van der Waals surface area contributed by atoms with Crippen molar-refractivity contribution >= 4 is 0 Å². The molecular formula is C8H15NO4. The minimum Gasteiger partial charge on any atom is -0.395 e. The summed E-state index contributed by atoms with van der Waals surface area (Å²) in [5.41, 5.74) is 0. The maximum Gasteiger partial charge on any atom is 0.0995 e. The summed E-state index contributed by atoms with van der Waals surface area (Å²) >= 11 is 0. The Morgan fingerprint density at radius 3 is 2.46 bits per heavy atom. The smallest absolute Gasteiger partial charge is 0.0995 e. The van der Waals surface area contributed by atoms with Crippen molar-refractivity contribution in [3.63, 3.8) is 0 Å². The van der Waals surface area contributed by atoms with Crippen LogP contribution in [0, 0.1) is 0 Å². The van der Waals surface area contributed by atoms with E-state index >= 15 is 0 Å². The molecule has 2 saturated heterocycles. The van der Waals surface area contributed by atoms with E-state index in [4.69, 9.17) is 5.11 Å². The molecule has 0 saturated carbocycles. The van der Waals surface area contributed by atoms with Crippen LogP contribution in [-0.2, 0) is 0 Å². The Balaban J connectivity index is 2.19. The average Bonchev–Trinajstić information content (AvgIpc) is 2.57. The summed E-state index contributed by atoms with van der Waals surface area (Å²) in [5, 5.41) is 37.6. The van der Waals surface area contributed by atoms with Crippen molar-refractivity contribution in [2.45, 2.75) is 36.8 Å². The van der Waals surface area contributed by atoms with Crippen molar-refractivity contribution in [3.8, 4) is 0 Å². The predicted molar refractivity (Wildman–Crippen MR) is 44.0 cm³/mol. The van der Waals surface area contributed by atoms with E-state index in [0.717, 1.165) is 0 Å². The highest BCUT2D eigenvalue weighted by Crippen LogP contribution is 2.33. The first-order valence-electron chi connectivity index (χ1n) is 4.57. The highest BCUT2D eigenvalue weighted by molar-refractivity contribution is 5.06. The molecule has 5 heteroatoms. The van der Waals surface area contributed by atoms with Crippen LogP contribution >= 0.6 is 0 Å². The quantitative estimate of drug-likeness (QED) is 0.367. The summed E-state index contributed by atoms with van der Waals surface area (Å²) in [6.07, 6.45) is -1.86. The van der Waals surface area contributed by atoms with Gasteiger partial charge in [0.15, 0.2) is 0 Å². The zero-order valence-electron chi connectivity index (χ0n) is 7.24. The normalized spacial score (nSPS) is 51.2. The molecule has 2 fully saturated rings. The maximum atomic E-state index is 9.58. The standard InChI is InChI=1S/C8H15NO4/c10-3-4-7(12)8(13)6-5(11)1-2-9(4)6/h4-8,10-13H,1-3H2/t4-,5+,6+,7-,8+/m0/s1. The third kappa shape index (κ3) is 1.19. The zero-order chi connectivity index (χ0) is 9.59. The van der Waals surface area contributed by atoms with Crippen LogP contribution in [0.1, 0.15) is 6.42 Å². The summed E-state index contributed by atoms with van der Waals surface area (Å²) < 4.78 is 0. The van der Waals surface area contributed by atoms with Gasteiger partial charge in [-0.2, -0.15) is 0 Å². The summed E-state index contributed by atoms with van der Waals surface area (Å²) in [6.45, 7) is 0.451. The molecule has 0 aromatic carbocycles. The molecule has 0 aromatic heterocycles. The largest absolute Gasteiger partial charge is 0.395 e.